The van der Waals surface area contributed by atoms with Crippen molar-refractivity contribution in [2.24, 2.45) is 17.8 Å². The summed E-state index contributed by atoms with van der Waals surface area (Å²) in [5.74, 6) is 2.56. The standard InChI is InChI=1S/C14H29N/c1-5-15-14(12(4)11(2)3)13-9-7-6-8-10-13/h11-15H,5-10H2,1-4H3. The van der Waals surface area contributed by atoms with Crippen LogP contribution < -0.4 is 5.32 Å². The van der Waals surface area contributed by atoms with Crippen LogP contribution in [0, 0.1) is 17.8 Å². The second kappa shape index (κ2) is 6.52. The zero-order valence-electron chi connectivity index (χ0n) is 11.1. The van der Waals surface area contributed by atoms with Gasteiger partial charge in [0.1, 0.15) is 0 Å². The van der Waals surface area contributed by atoms with Gasteiger partial charge in [0.25, 0.3) is 0 Å². The lowest BCUT2D eigenvalue weighted by Gasteiger charge is -2.36. The summed E-state index contributed by atoms with van der Waals surface area (Å²) >= 11 is 0. The van der Waals surface area contributed by atoms with Crippen LogP contribution in [-0.2, 0) is 0 Å². The molecule has 15 heavy (non-hydrogen) atoms. The highest BCUT2D eigenvalue weighted by molar-refractivity contribution is 4.84. The Hall–Kier alpha value is -0.0400. The zero-order chi connectivity index (χ0) is 11.3. The van der Waals surface area contributed by atoms with Gasteiger partial charge in [-0.1, -0.05) is 47.0 Å². The lowest BCUT2D eigenvalue weighted by atomic mass is 9.76. The van der Waals surface area contributed by atoms with E-state index in [-0.39, 0.29) is 0 Å². The van der Waals surface area contributed by atoms with Crippen molar-refractivity contribution in [2.75, 3.05) is 6.54 Å². The molecular weight excluding hydrogens is 182 g/mol. The van der Waals surface area contributed by atoms with Crippen LogP contribution in [0.5, 0.6) is 0 Å². The summed E-state index contributed by atoms with van der Waals surface area (Å²) in [7, 11) is 0. The second-order valence-corrected chi connectivity index (χ2v) is 5.58. The maximum Gasteiger partial charge on any atom is 0.0123 e. The number of rotatable bonds is 5. The van der Waals surface area contributed by atoms with Crippen LogP contribution in [0.3, 0.4) is 0 Å². The summed E-state index contributed by atoms with van der Waals surface area (Å²) in [4.78, 5) is 0. The first-order valence-corrected chi connectivity index (χ1v) is 6.90. The molecule has 0 heterocycles. The molecule has 90 valence electrons. The Morgan fingerprint density at radius 2 is 1.67 bits per heavy atom. The first kappa shape index (κ1) is 13.0. The Morgan fingerprint density at radius 3 is 2.13 bits per heavy atom. The molecule has 0 radical (unpaired) electrons. The van der Waals surface area contributed by atoms with Crippen molar-refractivity contribution in [1.29, 1.82) is 0 Å². The quantitative estimate of drug-likeness (QED) is 0.728. The van der Waals surface area contributed by atoms with E-state index in [1.54, 1.807) is 0 Å². The summed E-state index contributed by atoms with van der Waals surface area (Å²) in [5, 5.41) is 3.73. The van der Waals surface area contributed by atoms with Crippen LogP contribution >= 0.6 is 0 Å². The van der Waals surface area contributed by atoms with Crippen LogP contribution in [0.15, 0.2) is 0 Å². The number of nitrogens with one attached hydrogen (secondary N) is 1. The normalized spacial score (nSPS) is 23.0. The second-order valence-electron chi connectivity index (χ2n) is 5.58. The van der Waals surface area contributed by atoms with Crippen LogP contribution in [0.1, 0.15) is 59.8 Å². The van der Waals surface area contributed by atoms with E-state index < -0.39 is 0 Å². The Bertz CT molecular complexity index is 159. The lowest BCUT2D eigenvalue weighted by molar-refractivity contribution is 0.186. The van der Waals surface area contributed by atoms with Crippen molar-refractivity contribution < 1.29 is 0 Å². The molecule has 2 atom stereocenters. The van der Waals surface area contributed by atoms with Gasteiger partial charge in [0.05, 0.1) is 0 Å². The van der Waals surface area contributed by atoms with E-state index in [9.17, 15) is 0 Å². The lowest BCUT2D eigenvalue weighted by Crippen LogP contribution is -2.43. The Morgan fingerprint density at radius 1 is 1.07 bits per heavy atom. The van der Waals surface area contributed by atoms with E-state index in [1.165, 1.54) is 32.1 Å². The van der Waals surface area contributed by atoms with Crippen LogP contribution in [-0.4, -0.2) is 12.6 Å². The summed E-state index contributed by atoms with van der Waals surface area (Å²) in [6.45, 7) is 10.5. The molecule has 0 aromatic rings. The largest absolute Gasteiger partial charge is 0.314 e. The third-order valence-electron chi connectivity index (χ3n) is 4.22. The minimum atomic E-state index is 0.760. The highest BCUT2D eigenvalue weighted by atomic mass is 14.9. The fourth-order valence-corrected chi connectivity index (χ4v) is 2.93. The van der Waals surface area contributed by atoms with Gasteiger partial charge in [-0.25, -0.2) is 0 Å². The maximum absolute atomic E-state index is 3.73. The van der Waals surface area contributed by atoms with Crippen molar-refractivity contribution in [2.45, 2.75) is 65.8 Å². The van der Waals surface area contributed by atoms with Crippen molar-refractivity contribution >= 4 is 0 Å². The molecule has 1 aliphatic carbocycles. The molecule has 0 aliphatic heterocycles. The average molecular weight is 211 g/mol. The van der Waals surface area contributed by atoms with E-state index >= 15 is 0 Å². The summed E-state index contributed by atoms with van der Waals surface area (Å²) in [6, 6.07) is 0.760. The molecule has 0 saturated heterocycles. The minimum absolute atomic E-state index is 0.760. The van der Waals surface area contributed by atoms with Gasteiger partial charge in [0, 0.05) is 6.04 Å². The van der Waals surface area contributed by atoms with Crippen molar-refractivity contribution in [3.8, 4) is 0 Å². The van der Waals surface area contributed by atoms with E-state index in [0.717, 1.165) is 30.3 Å². The average Bonchev–Trinajstić information content (AvgIpc) is 2.26. The molecule has 1 heteroatoms. The highest BCUT2D eigenvalue weighted by Crippen LogP contribution is 2.31. The molecule has 0 aromatic carbocycles. The molecule has 1 saturated carbocycles. The Labute approximate surface area is 96.0 Å². The zero-order valence-corrected chi connectivity index (χ0v) is 11.1. The first-order valence-electron chi connectivity index (χ1n) is 6.90. The third-order valence-corrected chi connectivity index (χ3v) is 4.22. The SMILES string of the molecule is CCNC(C1CCCCC1)C(C)C(C)C. The summed E-state index contributed by atoms with van der Waals surface area (Å²) in [6.07, 6.45) is 7.28. The monoisotopic (exact) mass is 211 g/mol. The maximum atomic E-state index is 3.73. The fourth-order valence-electron chi connectivity index (χ4n) is 2.93. The molecule has 1 rings (SSSR count). The molecule has 2 unspecified atom stereocenters. The Balaban J connectivity index is 2.54. The highest BCUT2D eigenvalue weighted by Gasteiger charge is 2.28. The fraction of sp³-hybridized carbons (Fsp3) is 1.00. The van der Waals surface area contributed by atoms with Gasteiger partial charge in [-0.3, -0.25) is 0 Å². The van der Waals surface area contributed by atoms with Crippen molar-refractivity contribution in [3.05, 3.63) is 0 Å². The van der Waals surface area contributed by atoms with Crippen molar-refractivity contribution in [3.63, 3.8) is 0 Å². The molecule has 0 bridgehead atoms. The van der Waals surface area contributed by atoms with Crippen LogP contribution in [0.25, 0.3) is 0 Å². The predicted octanol–water partition coefficient (Wildman–Crippen LogP) is 3.84. The molecule has 1 fully saturated rings. The van der Waals surface area contributed by atoms with E-state index in [1.807, 2.05) is 0 Å². The third kappa shape index (κ3) is 3.79. The van der Waals surface area contributed by atoms with Gasteiger partial charge in [-0.2, -0.15) is 0 Å². The predicted molar refractivity (Wildman–Crippen MR) is 68.0 cm³/mol. The first-order chi connectivity index (χ1) is 7.16. The van der Waals surface area contributed by atoms with Crippen LogP contribution in [0.2, 0.25) is 0 Å². The summed E-state index contributed by atoms with van der Waals surface area (Å²) in [5.41, 5.74) is 0. The molecule has 0 amide bonds. The van der Waals surface area contributed by atoms with Crippen molar-refractivity contribution in [1.82, 2.24) is 5.32 Å². The number of hydrogen-bond acceptors (Lipinski definition) is 1. The Kier molecular flexibility index (Phi) is 5.66. The van der Waals surface area contributed by atoms with Gasteiger partial charge in [-0.05, 0) is 37.1 Å². The molecule has 1 nitrogen and oxygen atoms in total. The smallest absolute Gasteiger partial charge is 0.0123 e. The van der Waals surface area contributed by atoms with E-state index in [4.69, 9.17) is 0 Å². The topological polar surface area (TPSA) is 12.0 Å². The number of hydrogen-bond donors (Lipinski definition) is 1. The molecule has 1 aliphatic rings. The van der Waals surface area contributed by atoms with Gasteiger partial charge in [-0.15, -0.1) is 0 Å². The molecular formula is C14H29N. The van der Waals surface area contributed by atoms with Gasteiger partial charge < -0.3 is 5.32 Å². The van der Waals surface area contributed by atoms with E-state index in [0.29, 0.717) is 0 Å². The van der Waals surface area contributed by atoms with Crippen LogP contribution in [0.4, 0.5) is 0 Å². The van der Waals surface area contributed by atoms with Gasteiger partial charge in [0.15, 0.2) is 0 Å². The van der Waals surface area contributed by atoms with Gasteiger partial charge in [0.2, 0.25) is 0 Å². The summed E-state index contributed by atoms with van der Waals surface area (Å²) < 4.78 is 0. The minimum Gasteiger partial charge on any atom is -0.314 e. The molecule has 0 spiro atoms. The van der Waals surface area contributed by atoms with Gasteiger partial charge >= 0.3 is 0 Å². The molecule has 1 N–H and O–H groups in total. The van der Waals surface area contributed by atoms with E-state index in [2.05, 4.69) is 33.0 Å². The molecule has 0 aromatic heterocycles.